The molecular formula is C22H24N4O3S3. The lowest BCUT2D eigenvalue weighted by atomic mass is 10.2. The van der Waals surface area contributed by atoms with Gasteiger partial charge < -0.3 is 4.90 Å². The van der Waals surface area contributed by atoms with Crippen LogP contribution < -0.4 is 5.32 Å². The molecular weight excluding hydrogens is 464 g/mol. The third-order valence-electron chi connectivity index (χ3n) is 5.31. The predicted molar refractivity (Wildman–Crippen MR) is 130 cm³/mol. The van der Waals surface area contributed by atoms with Gasteiger partial charge in [0.05, 0.1) is 10.6 Å². The molecule has 1 aromatic heterocycles. The lowest BCUT2D eigenvalue weighted by molar-refractivity contribution is 0.102. The maximum absolute atomic E-state index is 13.0. The molecule has 2 aromatic carbocycles. The van der Waals surface area contributed by atoms with Gasteiger partial charge in [-0.2, -0.15) is 4.31 Å². The van der Waals surface area contributed by atoms with Gasteiger partial charge in [-0.15, -0.1) is 23.1 Å². The number of carbonyl (C=O) groups is 1. The van der Waals surface area contributed by atoms with Crippen LogP contribution in [0.1, 0.15) is 10.4 Å². The van der Waals surface area contributed by atoms with Gasteiger partial charge in [0.2, 0.25) is 10.0 Å². The summed E-state index contributed by atoms with van der Waals surface area (Å²) in [5, 5.41) is 5.14. The van der Waals surface area contributed by atoms with Crippen molar-refractivity contribution in [3.05, 3.63) is 59.5 Å². The van der Waals surface area contributed by atoms with E-state index >= 15 is 0 Å². The summed E-state index contributed by atoms with van der Waals surface area (Å²) in [6.07, 6.45) is 2.02. The Balaban J connectivity index is 1.48. The Kier molecular flexibility index (Phi) is 6.96. The smallest absolute Gasteiger partial charge is 0.257 e. The number of hydrogen-bond donors (Lipinski definition) is 1. The zero-order chi connectivity index (χ0) is 22.7. The van der Waals surface area contributed by atoms with Crippen LogP contribution in [0.3, 0.4) is 0 Å². The van der Waals surface area contributed by atoms with E-state index in [1.807, 2.05) is 42.9 Å². The number of nitrogens with zero attached hydrogens (tertiary/aromatic N) is 3. The first-order valence-corrected chi connectivity index (χ1v) is 13.6. The largest absolute Gasteiger partial charge is 0.304 e. The molecule has 1 N–H and O–H groups in total. The second kappa shape index (κ2) is 9.72. The van der Waals surface area contributed by atoms with Gasteiger partial charge in [0.1, 0.15) is 0 Å². The first kappa shape index (κ1) is 22.9. The van der Waals surface area contributed by atoms with Gasteiger partial charge in [-0.05, 0) is 43.6 Å². The second-order valence-corrected chi connectivity index (χ2v) is 11.1. The third kappa shape index (κ3) is 5.05. The van der Waals surface area contributed by atoms with Gasteiger partial charge in [-0.25, -0.2) is 13.4 Å². The van der Waals surface area contributed by atoms with Crippen molar-refractivity contribution in [1.29, 1.82) is 0 Å². The maximum Gasteiger partial charge on any atom is 0.257 e. The molecule has 1 aliphatic rings. The molecule has 3 aromatic rings. The molecule has 7 nitrogen and oxygen atoms in total. The van der Waals surface area contributed by atoms with Crippen LogP contribution in [0.2, 0.25) is 0 Å². The molecule has 0 aliphatic carbocycles. The zero-order valence-electron chi connectivity index (χ0n) is 17.8. The van der Waals surface area contributed by atoms with Gasteiger partial charge in [-0.3, -0.25) is 10.1 Å². The number of nitrogens with one attached hydrogen (secondary N) is 1. The number of carbonyl (C=O) groups excluding carboxylic acids is 1. The average Bonchev–Trinajstić information content (AvgIpc) is 3.28. The minimum Gasteiger partial charge on any atom is -0.304 e. The Morgan fingerprint density at radius 3 is 2.50 bits per heavy atom. The van der Waals surface area contributed by atoms with Crippen LogP contribution in [0.5, 0.6) is 0 Å². The number of piperazine rings is 1. The fourth-order valence-electron chi connectivity index (χ4n) is 3.37. The quantitative estimate of drug-likeness (QED) is 0.533. The monoisotopic (exact) mass is 488 g/mol. The number of sulfonamides is 1. The van der Waals surface area contributed by atoms with Crippen LogP contribution in [-0.2, 0) is 10.0 Å². The van der Waals surface area contributed by atoms with Crippen LogP contribution in [-0.4, -0.2) is 68.0 Å². The summed E-state index contributed by atoms with van der Waals surface area (Å²) >= 11 is 3.00. The highest BCUT2D eigenvalue weighted by molar-refractivity contribution is 7.98. The summed E-state index contributed by atoms with van der Waals surface area (Å²) in [6.45, 7) is 2.25. The normalized spacial score (nSPS) is 15.6. The fraction of sp³-hybridized carbons (Fsp3) is 0.273. The Hall–Kier alpha value is -2.24. The summed E-state index contributed by atoms with van der Waals surface area (Å²) in [7, 11) is -1.67. The van der Waals surface area contributed by atoms with Gasteiger partial charge >= 0.3 is 0 Å². The first-order valence-electron chi connectivity index (χ1n) is 10.1. The molecule has 0 spiro atoms. The number of aromatic nitrogens is 1. The fourth-order valence-corrected chi connectivity index (χ4v) is 5.96. The van der Waals surface area contributed by atoms with Crippen LogP contribution in [0.4, 0.5) is 5.13 Å². The lowest BCUT2D eigenvalue weighted by Gasteiger charge is -2.31. The molecule has 168 valence electrons. The third-order valence-corrected chi connectivity index (χ3v) is 8.70. The van der Waals surface area contributed by atoms with Crippen molar-refractivity contribution in [2.75, 3.05) is 44.8 Å². The van der Waals surface area contributed by atoms with Crippen molar-refractivity contribution in [3.63, 3.8) is 0 Å². The van der Waals surface area contributed by atoms with Crippen LogP contribution in [0.25, 0.3) is 11.3 Å². The van der Waals surface area contributed by atoms with E-state index < -0.39 is 10.0 Å². The van der Waals surface area contributed by atoms with Gasteiger partial charge in [-0.1, -0.05) is 18.2 Å². The zero-order valence-corrected chi connectivity index (χ0v) is 20.3. The second-order valence-electron chi connectivity index (χ2n) is 7.46. The molecule has 0 saturated carbocycles. The SMILES string of the molecule is CSc1ccc(-c2csc(NC(=O)c3cccc(S(=O)(=O)N4CCN(C)CC4)c3)n2)cc1. The van der Waals surface area contributed by atoms with E-state index in [1.165, 1.54) is 32.7 Å². The molecule has 4 rings (SSSR count). The summed E-state index contributed by atoms with van der Waals surface area (Å²) in [4.78, 5) is 20.7. The summed E-state index contributed by atoms with van der Waals surface area (Å²) in [6, 6.07) is 14.2. The highest BCUT2D eigenvalue weighted by Gasteiger charge is 2.28. The standard InChI is InChI=1S/C22H24N4O3S3/c1-25-10-12-26(13-11-25)32(28,29)19-5-3-4-17(14-19)21(27)24-22-23-20(15-31-22)16-6-8-18(30-2)9-7-16/h3-9,14-15H,10-13H2,1-2H3,(H,23,24,27). The van der Waals surface area contributed by atoms with Gasteiger partial charge in [0.25, 0.3) is 5.91 Å². The molecule has 1 amide bonds. The van der Waals surface area contributed by atoms with E-state index in [0.717, 1.165) is 11.3 Å². The topological polar surface area (TPSA) is 82.6 Å². The molecule has 32 heavy (non-hydrogen) atoms. The summed E-state index contributed by atoms with van der Waals surface area (Å²) < 4.78 is 27.5. The molecule has 0 bridgehead atoms. The molecule has 1 fully saturated rings. The van der Waals surface area contributed by atoms with Crippen LogP contribution in [0.15, 0.2) is 63.7 Å². The van der Waals surface area contributed by atoms with Crippen molar-refractivity contribution in [3.8, 4) is 11.3 Å². The number of likely N-dealkylation sites (N-methyl/N-ethyl adjacent to an activating group) is 1. The lowest BCUT2D eigenvalue weighted by Crippen LogP contribution is -2.47. The van der Waals surface area contributed by atoms with Crippen LogP contribution >= 0.6 is 23.1 Å². The number of rotatable bonds is 6. The van der Waals surface area contributed by atoms with E-state index in [-0.39, 0.29) is 16.4 Å². The Labute approximate surface area is 196 Å². The molecule has 0 radical (unpaired) electrons. The number of thioether (sulfide) groups is 1. The molecule has 1 saturated heterocycles. The first-order chi connectivity index (χ1) is 15.4. The molecule has 2 heterocycles. The number of amides is 1. The minimum atomic E-state index is -3.64. The summed E-state index contributed by atoms with van der Waals surface area (Å²) in [5.74, 6) is -0.390. The van der Waals surface area contributed by atoms with E-state index in [4.69, 9.17) is 0 Å². The molecule has 10 heteroatoms. The highest BCUT2D eigenvalue weighted by atomic mass is 32.2. The van der Waals surface area contributed by atoms with Crippen molar-refractivity contribution < 1.29 is 13.2 Å². The Bertz CT molecular complexity index is 1200. The molecule has 0 atom stereocenters. The maximum atomic E-state index is 13.0. The average molecular weight is 489 g/mol. The van der Waals surface area contributed by atoms with Crippen LogP contribution in [0, 0.1) is 0 Å². The number of thiazole rings is 1. The van der Waals surface area contributed by atoms with E-state index in [2.05, 4.69) is 15.2 Å². The van der Waals surface area contributed by atoms with Gasteiger partial charge in [0.15, 0.2) is 5.13 Å². The van der Waals surface area contributed by atoms with Gasteiger partial charge in [0, 0.05) is 47.6 Å². The Morgan fingerprint density at radius 1 is 1.09 bits per heavy atom. The number of hydrogen-bond acceptors (Lipinski definition) is 7. The van der Waals surface area contributed by atoms with Crippen molar-refractivity contribution in [2.45, 2.75) is 9.79 Å². The van der Waals surface area contributed by atoms with E-state index in [9.17, 15) is 13.2 Å². The van der Waals surface area contributed by atoms with Crippen molar-refractivity contribution >= 4 is 44.2 Å². The molecule has 1 aliphatic heterocycles. The Morgan fingerprint density at radius 2 is 1.81 bits per heavy atom. The van der Waals surface area contributed by atoms with E-state index in [0.29, 0.717) is 31.3 Å². The van der Waals surface area contributed by atoms with Crippen molar-refractivity contribution in [2.24, 2.45) is 0 Å². The van der Waals surface area contributed by atoms with Crippen molar-refractivity contribution in [1.82, 2.24) is 14.2 Å². The predicted octanol–water partition coefficient (Wildman–Crippen LogP) is 3.72. The minimum absolute atomic E-state index is 0.128. The van der Waals surface area contributed by atoms with E-state index in [1.54, 1.807) is 23.9 Å². The highest BCUT2D eigenvalue weighted by Crippen LogP contribution is 2.27. The number of benzene rings is 2. The number of anilines is 1. The molecule has 0 unspecified atom stereocenters. The summed E-state index contributed by atoms with van der Waals surface area (Å²) in [5.41, 5.74) is 2.03.